The molecule has 7 heteroatoms. The van der Waals surface area contributed by atoms with Gasteiger partial charge in [-0.2, -0.15) is 0 Å². The Balaban J connectivity index is 2.09. The largest absolute Gasteiger partial charge is 0.504 e. The molecule has 0 saturated heterocycles. The molecule has 0 amide bonds. The number of Topliss-reactive ketones (excluding diaryl/α,β-unsaturated/α-hetero) is 1. The van der Waals surface area contributed by atoms with Gasteiger partial charge in [-0.1, -0.05) is 36.4 Å². The fraction of sp³-hybridized carbons (Fsp3) is 0.190. The first kappa shape index (κ1) is 19.9. The van der Waals surface area contributed by atoms with Crippen molar-refractivity contribution in [3.8, 4) is 16.9 Å². The van der Waals surface area contributed by atoms with E-state index in [0.717, 1.165) is 0 Å². The monoisotopic (exact) mass is 445 g/mol. The maximum atomic E-state index is 14.3. The summed E-state index contributed by atoms with van der Waals surface area (Å²) in [4.78, 5) is 28.4. The van der Waals surface area contributed by atoms with Gasteiger partial charge in [0.15, 0.2) is 11.5 Å². The van der Waals surface area contributed by atoms with Gasteiger partial charge in [-0.3, -0.25) is 9.59 Å². The molecule has 28 heavy (non-hydrogen) atoms. The van der Waals surface area contributed by atoms with Crippen molar-refractivity contribution in [2.45, 2.75) is 19.8 Å². The Morgan fingerprint density at radius 2 is 1.82 bits per heavy atom. The van der Waals surface area contributed by atoms with Crippen molar-refractivity contribution in [2.24, 2.45) is 0 Å². The summed E-state index contributed by atoms with van der Waals surface area (Å²) >= 11 is 3.30. The molecule has 0 aliphatic rings. The minimum absolute atomic E-state index is 0.113. The maximum Gasteiger partial charge on any atom is 0.306 e. The standard InChI is InChI=1S/C21H17BrFNO4/c1-2-28-17(26)11-10-16(25)20-21(27)18(22)14-8-5-7-13(19(14)24-20)12-6-3-4-9-15(12)23/h3-9,27H,2,10-11H2,1H3. The van der Waals surface area contributed by atoms with Gasteiger partial charge in [0.2, 0.25) is 0 Å². The van der Waals surface area contributed by atoms with Crippen molar-refractivity contribution in [1.82, 2.24) is 4.98 Å². The number of benzene rings is 2. The fourth-order valence-electron chi connectivity index (χ4n) is 2.90. The number of carbonyl (C=O) groups is 2. The highest BCUT2D eigenvalue weighted by Crippen LogP contribution is 2.38. The molecule has 0 saturated carbocycles. The molecule has 0 unspecified atom stereocenters. The predicted octanol–water partition coefficient (Wildman–Crippen LogP) is 5.04. The van der Waals surface area contributed by atoms with Crippen molar-refractivity contribution in [1.29, 1.82) is 0 Å². The third-order valence-corrected chi connectivity index (χ3v) is 5.02. The van der Waals surface area contributed by atoms with Gasteiger partial charge in [0.1, 0.15) is 11.5 Å². The number of nitrogens with zero attached hydrogens (tertiary/aromatic N) is 1. The van der Waals surface area contributed by atoms with Gasteiger partial charge < -0.3 is 9.84 Å². The molecule has 1 heterocycles. The molecule has 0 fully saturated rings. The molecule has 0 aliphatic heterocycles. The van der Waals surface area contributed by atoms with Crippen molar-refractivity contribution < 1.29 is 23.8 Å². The summed E-state index contributed by atoms with van der Waals surface area (Å²) in [5, 5.41) is 11.0. The van der Waals surface area contributed by atoms with Crippen LogP contribution in [0.25, 0.3) is 22.0 Å². The third-order valence-electron chi connectivity index (χ3n) is 4.22. The Hall–Kier alpha value is -2.80. The fourth-order valence-corrected chi connectivity index (χ4v) is 3.40. The maximum absolute atomic E-state index is 14.3. The van der Waals surface area contributed by atoms with Crippen molar-refractivity contribution in [3.63, 3.8) is 0 Å². The zero-order valence-electron chi connectivity index (χ0n) is 15.0. The second kappa shape index (κ2) is 8.48. The van der Waals surface area contributed by atoms with E-state index in [1.807, 2.05) is 0 Å². The molecule has 0 aliphatic carbocycles. The van der Waals surface area contributed by atoms with Crippen LogP contribution in [0.4, 0.5) is 4.39 Å². The molecule has 0 bridgehead atoms. The quantitative estimate of drug-likeness (QED) is 0.425. The summed E-state index contributed by atoms with van der Waals surface area (Å²) in [5.74, 6) is -1.73. The lowest BCUT2D eigenvalue weighted by molar-refractivity contribution is -0.143. The second-order valence-electron chi connectivity index (χ2n) is 6.03. The molecule has 1 N–H and O–H groups in total. The van der Waals surface area contributed by atoms with E-state index in [1.165, 1.54) is 6.07 Å². The molecule has 0 atom stereocenters. The Labute approximate surface area is 169 Å². The zero-order chi connectivity index (χ0) is 20.3. The third kappa shape index (κ3) is 3.89. The number of hydrogen-bond acceptors (Lipinski definition) is 5. The Morgan fingerprint density at radius 3 is 2.54 bits per heavy atom. The molecule has 0 spiro atoms. The minimum atomic E-state index is -0.503. The van der Waals surface area contributed by atoms with Gasteiger partial charge in [-0.25, -0.2) is 9.37 Å². The van der Waals surface area contributed by atoms with E-state index in [4.69, 9.17) is 4.74 Å². The van der Waals surface area contributed by atoms with Crippen LogP contribution in [0.15, 0.2) is 46.9 Å². The number of para-hydroxylation sites is 1. The number of ketones is 1. The molecular weight excluding hydrogens is 429 g/mol. The van der Waals surface area contributed by atoms with Crippen molar-refractivity contribution >= 4 is 38.6 Å². The number of esters is 1. The number of aromatic hydroxyl groups is 1. The molecule has 1 aromatic heterocycles. The van der Waals surface area contributed by atoms with Crippen LogP contribution in [-0.4, -0.2) is 28.4 Å². The highest BCUT2D eigenvalue weighted by atomic mass is 79.9. The molecule has 2 aromatic carbocycles. The number of carbonyl (C=O) groups excluding carboxylic acids is 2. The first-order valence-corrected chi connectivity index (χ1v) is 9.48. The SMILES string of the molecule is CCOC(=O)CCC(=O)c1nc2c(-c3ccccc3F)cccc2c(Br)c1O. The second-order valence-corrected chi connectivity index (χ2v) is 6.83. The Kier molecular flexibility index (Phi) is 6.04. The normalized spacial score (nSPS) is 10.8. The highest BCUT2D eigenvalue weighted by molar-refractivity contribution is 9.10. The van der Waals surface area contributed by atoms with Gasteiger partial charge in [0.05, 0.1) is 23.0 Å². The van der Waals surface area contributed by atoms with Crippen LogP contribution in [0.2, 0.25) is 0 Å². The van der Waals surface area contributed by atoms with Crippen molar-refractivity contribution in [3.05, 3.63) is 58.4 Å². The van der Waals surface area contributed by atoms with Crippen LogP contribution in [0, 0.1) is 5.82 Å². The summed E-state index contributed by atoms with van der Waals surface area (Å²) in [6.45, 7) is 1.90. The number of halogens is 2. The lowest BCUT2D eigenvalue weighted by Gasteiger charge is -2.12. The van der Waals surface area contributed by atoms with Crippen LogP contribution in [0.3, 0.4) is 0 Å². The number of aromatic nitrogens is 1. The highest BCUT2D eigenvalue weighted by Gasteiger charge is 2.21. The number of fused-ring (bicyclic) bond motifs is 1. The van der Waals surface area contributed by atoms with E-state index in [9.17, 15) is 19.1 Å². The predicted molar refractivity (Wildman–Crippen MR) is 107 cm³/mol. The summed E-state index contributed by atoms with van der Waals surface area (Å²) in [7, 11) is 0. The topological polar surface area (TPSA) is 76.5 Å². The lowest BCUT2D eigenvalue weighted by Crippen LogP contribution is -2.10. The number of pyridine rings is 1. The van der Waals surface area contributed by atoms with Crippen molar-refractivity contribution in [2.75, 3.05) is 6.61 Å². The smallest absolute Gasteiger partial charge is 0.306 e. The van der Waals surface area contributed by atoms with Crippen LogP contribution >= 0.6 is 15.9 Å². The average molecular weight is 446 g/mol. The number of rotatable bonds is 6. The van der Waals surface area contributed by atoms with Crippen LogP contribution < -0.4 is 0 Å². The van der Waals surface area contributed by atoms with E-state index >= 15 is 0 Å². The summed E-state index contributed by atoms with van der Waals surface area (Å²) in [6, 6.07) is 11.4. The van der Waals surface area contributed by atoms with Gasteiger partial charge in [-0.05, 0) is 28.9 Å². The molecular formula is C21H17BrFNO4. The zero-order valence-corrected chi connectivity index (χ0v) is 16.6. The lowest BCUT2D eigenvalue weighted by atomic mass is 10.00. The van der Waals surface area contributed by atoms with E-state index in [2.05, 4.69) is 20.9 Å². The van der Waals surface area contributed by atoms with Crippen LogP contribution in [0.5, 0.6) is 5.75 Å². The van der Waals surface area contributed by atoms with Gasteiger partial charge in [0.25, 0.3) is 0 Å². The molecule has 5 nitrogen and oxygen atoms in total. The number of ether oxygens (including phenoxy) is 1. The Bertz CT molecular complexity index is 1070. The van der Waals surface area contributed by atoms with Gasteiger partial charge in [0, 0.05) is 22.9 Å². The van der Waals surface area contributed by atoms with Crippen LogP contribution in [-0.2, 0) is 9.53 Å². The van der Waals surface area contributed by atoms with E-state index in [0.29, 0.717) is 22.0 Å². The van der Waals surface area contributed by atoms with E-state index in [1.54, 1.807) is 43.3 Å². The van der Waals surface area contributed by atoms with E-state index in [-0.39, 0.29) is 35.4 Å². The first-order chi connectivity index (χ1) is 13.4. The average Bonchev–Trinajstić information content (AvgIpc) is 2.69. The summed E-state index contributed by atoms with van der Waals surface area (Å²) in [5.41, 5.74) is 1.03. The molecule has 3 aromatic rings. The molecule has 144 valence electrons. The van der Waals surface area contributed by atoms with E-state index < -0.39 is 17.6 Å². The summed E-state index contributed by atoms with van der Waals surface area (Å²) in [6.07, 6.45) is -0.266. The first-order valence-electron chi connectivity index (χ1n) is 8.69. The minimum Gasteiger partial charge on any atom is -0.504 e. The number of hydrogen-bond donors (Lipinski definition) is 1. The molecule has 0 radical (unpaired) electrons. The molecule has 3 rings (SSSR count). The van der Waals surface area contributed by atoms with Crippen LogP contribution in [0.1, 0.15) is 30.3 Å². The Morgan fingerprint density at radius 1 is 1.11 bits per heavy atom. The van der Waals surface area contributed by atoms with Gasteiger partial charge in [-0.15, -0.1) is 0 Å². The summed E-state index contributed by atoms with van der Waals surface area (Å²) < 4.78 is 19.4. The van der Waals surface area contributed by atoms with Gasteiger partial charge >= 0.3 is 5.97 Å².